The second-order valence-electron chi connectivity index (χ2n) is 6.80. The van der Waals surface area contributed by atoms with Gasteiger partial charge in [0, 0.05) is 39.0 Å². The van der Waals surface area contributed by atoms with E-state index < -0.39 is 0 Å². The molecule has 7 heteroatoms. The first-order valence-corrected chi connectivity index (χ1v) is 9.51. The average molecular weight is 377 g/mol. The zero-order valence-electron chi connectivity index (χ0n) is 16.8. The first kappa shape index (κ1) is 21.0. The van der Waals surface area contributed by atoms with Crippen molar-refractivity contribution in [2.45, 2.75) is 20.4 Å². The Morgan fingerprint density at radius 3 is 2.63 bits per heavy atom. The number of methoxy groups -OCH3 is 2. The van der Waals surface area contributed by atoms with Crippen LogP contribution >= 0.6 is 0 Å². The van der Waals surface area contributed by atoms with Crippen molar-refractivity contribution in [3.8, 4) is 0 Å². The highest BCUT2D eigenvalue weighted by molar-refractivity contribution is 5.82. The molecular formula is C20H32N4O3. The Morgan fingerprint density at radius 2 is 2.00 bits per heavy atom. The molecule has 1 aliphatic heterocycles. The Balaban J connectivity index is 1.98. The number of hydrogen-bond acceptors (Lipinski definition) is 5. The van der Waals surface area contributed by atoms with Crippen molar-refractivity contribution in [3.05, 3.63) is 29.8 Å². The van der Waals surface area contributed by atoms with Gasteiger partial charge in [-0.05, 0) is 30.5 Å². The van der Waals surface area contributed by atoms with E-state index in [1.165, 1.54) is 7.11 Å². The number of guanidine groups is 1. The molecule has 2 unspecified atom stereocenters. The number of nitrogens with one attached hydrogen (secondary N) is 2. The second-order valence-corrected chi connectivity index (χ2v) is 6.80. The van der Waals surface area contributed by atoms with Crippen LogP contribution in [0.15, 0.2) is 29.3 Å². The normalized spacial score (nSPS) is 19.9. The second kappa shape index (κ2) is 10.8. The predicted octanol–water partition coefficient (Wildman–Crippen LogP) is 1.95. The quantitative estimate of drug-likeness (QED) is 0.313. The van der Waals surface area contributed by atoms with Gasteiger partial charge >= 0.3 is 5.97 Å². The molecule has 0 bridgehead atoms. The fourth-order valence-electron chi connectivity index (χ4n) is 3.22. The van der Waals surface area contributed by atoms with E-state index in [0.29, 0.717) is 19.7 Å². The van der Waals surface area contributed by atoms with Crippen molar-refractivity contribution in [1.82, 2.24) is 10.2 Å². The number of carbonyl (C=O) groups excluding carboxylic acids is 1. The topological polar surface area (TPSA) is 75.2 Å². The minimum atomic E-state index is -0.141. The first-order chi connectivity index (χ1) is 13.1. The van der Waals surface area contributed by atoms with Crippen molar-refractivity contribution in [2.75, 3.05) is 52.3 Å². The number of esters is 1. The molecule has 1 aliphatic rings. The molecule has 0 amide bonds. The molecule has 1 fully saturated rings. The van der Waals surface area contributed by atoms with Gasteiger partial charge in [-0.25, -0.2) is 4.99 Å². The van der Waals surface area contributed by atoms with E-state index in [9.17, 15) is 4.79 Å². The molecule has 27 heavy (non-hydrogen) atoms. The summed E-state index contributed by atoms with van der Waals surface area (Å²) in [5.41, 5.74) is 2.21. The van der Waals surface area contributed by atoms with Gasteiger partial charge in [-0.2, -0.15) is 0 Å². The molecule has 2 rings (SSSR count). The first-order valence-electron chi connectivity index (χ1n) is 9.51. The van der Waals surface area contributed by atoms with E-state index in [-0.39, 0.29) is 17.8 Å². The van der Waals surface area contributed by atoms with Crippen molar-refractivity contribution in [3.63, 3.8) is 0 Å². The van der Waals surface area contributed by atoms with Gasteiger partial charge in [0.25, 0.3) is 0 Å². The number of rotatable bonds is 8. The Bertz CT molecular complexity index is 618. The standard InChI is InChI=1S/C20H32N4O3/c1-5-21-20(24-13-15(2)18(14-24)19(25)27-4)23-12-16-6-8-17(9-7-16)22-10-11-26-3/h6-9,15,18,22H,5,10-14H2,1-4H3,(H,21,23). The molecule has 0 aromatic heterocycles. The maximum Gasteiger partial charge on any atom is 0.310 e. The number of benzene rings is 1. The fraction of sp³-hybridized carbons (Fsp3) is 0.600. The zero-order chi connectivity index (χ0) is 19.6. The van der Waals surface area contributed by atoms with Crippen LogP contribution in [0.2, 0.25) is 0 Å². The summed E-state index contributed by atoms with van der Waals surface area (Å²) < 4.78 is 9.97. The Kier molecular flexibility index (Phi) is 8.39. The molecule has 1 aromatic rings. The van der Waals surface area contributed by atoms with Crippen molar-refractivity contribution < 1.29 is 14.3 Å². The maximum atomic E-state index is 11.9. The Morgan fingerprint density at radius 1 is 1.26 bits per heavy atom. The van der Waals surface area contributed by atoms with E-state index >= 15 is 0 Å². The van der Waals surface area contributed by atoms with Gasteiger partial charge in [0.05, 0.1) is 26.2 Å². The molecule has 0 radical (unpaired) electrons. The number of aliphatic imine (C=N–C) groups is 1. The molecule has 1 saturated heterocycles. The summed E-state index contributed by atoms with van der Waals surface area (Å²) in [4.78, 5) is 18.8. The van der Waals surface area contributed by atoms with Gasteiger partial charge in [0.2, 0.25) is 0 Å². The van der Waals surface area contributed by atoms with Crippen molar-refractivity contribution in [1.29, 1.82) is 0 Å². The van der Waals surface area contributed by atoms with Crippen LogP contribution in [0.25, 0.3) is 0 Å². The van der Waals surface area contributed by atoms with Crippen molar-refractivity contribution in [2.24, 2.45) is 16.8 Å². The Hall–Kier alpha value is -2.28. The average Bonchev–Trinajstić information content (AvgIpc) is 3.07. The van der Waals surface area contributed by atoms with Gasteiger partial charge in [0.15, 0.2) is 5.96 Å². The molecule has 2 atom stereocenters. The summed E-state index contributed by atoms with van der Waals surface area (Å²) in [6, 6.07) is 8.26. The predicted molar refractivity (Wildman–Crippen MR) is 108 cm³/mol. The summed E-state index contributed by atoms with van der Waals surface area (Å²) in [6.07, 6.45) is 0. The van der Waals surface area contributed by atoms with Gasteiger partial charge in [-0.15, -0.1) is 0 Å². The van der Waals surface area contributed by atoms with Crippen LogP contribution in [0.3, 0.4) is 0 Å². The summed E-state index contributed by atoms with van der Waals surface area (Å²) >= 11 is 0. The Labute approximate surface area is 162 Å². The third-order valence-corrected chi connectivity index (χ3v) is 4.75. The lowest BCUT2D eigenvalue weighted by Crippen LogP contribution is -2.40. The van der Waals surface area contributed by atoms with Gasteiger partial charge < -0.3 is 25.0 Å². The molecule has 0 saturated carbocycles. The zero-order valence-corrected chi connectivity index (χ0v) is 16.8. The number of anilines is 1. The molecule has 0 aliphatic carbocycles. The van der Waals surface area contributed by atoms with Crippen LogP contribution in [-0.2, 0) is 20.8 Å². The highest BCUT2D eigenvalue weighted by atomic mass is 16.5. The molecule has 1 aromatic carbocycles. The highest BCUT2D eigenvalue weighted by Gasteiger charge is 2.36. The van der Waals surface area contributed by atoms with Crippen LogP contribution in [0.5, 0.6) is 0 Å². The number of ether oxygens (including phenoxy) is 2. The third-order valence-electron chi connectivity index (χ3n) is 4.75. The molecule has 1 heterocycles. The van der Waals surface area contributed by atoms with Crippen LogP contribution in [0.1, 0.15) is 19.4 Å². The monoisotopic (exact) mass is 376 g/mol. The minimum absolute atomic E-state index is 0.101. The SMILES string of the molecule is CCNC(=NCc1ccc(NCCOC)cc1)N1CC(C)C(C(=O)OC)C1. The van der Waals surface area contributed by atoms with E-state index in [1.54, 1.807) is 7.11 Å². The van der Waals surface area contributed by atoms with E-state index in [1.807, 2.05) is 6.92 Å². The smallest absolute Gasteiger partial charge is 0.310 e. The van der Waals surface area contributed by atoms with Crippen LogP contribution in [0, 0.1) is 11.8 Å². The number of nitrogens with zero attached hydrogens (tertiary/aromatic N) is 2. The number of likely N-dealkylation sites (tertiary alicyclic amines) is 1. The van der Waals surface area contributed by atoms with Gasteiger partial charge in [-0.1, -0.05) is 19.1 Å². The van der Waals surface area contributed by atoms with Gasteiger partial charge in [0.1, 0.15) is 0 Å². The van der Waals surface area contributed by atoms with E-state index in [4.69, 9.17) is 14.5 Å². The third kappa shape index (κ3) is 6.13. The van der Waals surface area contributed by atoms with Crippen LogP contribution in [0.4, 0.5) is 5.69 Å². The lowest BCUT2D eigenvalue weighted by molar-refractivity contribution is -0.145. The molecule has 150 valence electrons. The highest BCUT2D eigenvalue weighted by Crippen LogP contribution is 2.24. The number of hydrogen-bond donors (Lipinski definition) is 2. The summed E-state index contributed by atoms with van der Waals surface area (Å²) in [6.45, 7) is 8.42. The largest absolute Gasteiger partial charge is 0.469 e. The van der Waals surface area contributed by atoms with Crippen LogP contribution in [-0.4, -0.2) is 63.8 Å². The number of carbonyl (C=O) groups is 1. The lowest BCUT2D eigenvalue weighted by Gasteiger charge is -2.21. The van der Waals surface area contributed by atoms with Gasteiger partial charge in [-0.3, -0.25) is 4.79 Å². The molecule has 0 spiro atoms. The van der Waals surface area contributed by atoms with E-state index in [0.717, 1.165) is 36.8 Å². The maximum absolute atomic E-state index is 11.9. The van der Waals surface area contributed by atoms with E-state index in [2.05, 4.69) is 46.7 Å². The minimum Gasteiger partial charge on any atom is -0.469 e. The molecular weight excluding hydrogens is 344 g/mol. The molecule has 7 nitrogen and oxygen atoms in total. The fourth-order valence-corrected chi connectivity index (χ4v) is 3.22. The van der Waals surface area contributed by atoms with Crippen molar-refractivity contribution >= 4 is 17.6 Å². The lowest BCUT2D eigenvalue weighted by atomic mass is 9.99. The summed E-state index contributed by atoms with van der Waals surface area (Å²) in [7, 11) is 3.14. The van der Waals surface area contributed by atoms with Crippen LogP contribution < -0.4 is 10.6 Å². The summed E-state index contributed by atoms with van der Waals surface area (Å²) in [5.74, 6) is 0.852. The molecule has 2 N–H and O–H groups in total. The summed E-state index contributed by atoms with van der Waals surface area (Å²) in [5, 5.41) is 6.64.